The highest BCUT2D eigenvalue weighted by molar-refractivity contribution is 5.92. The second kappa shape index (κ2) is 9.85. The lowest BCUT2D eigenvalue weighted by Crippen LogP contribution is -2.66. The fourth-order valence-electron chi connectivity index (χ4n) is 5.70. The van der Waals surface area contributed by atoms with Crippen LogP contribution in [0.3, 0.4) is 0 Å². The molecule has 2 fully saturated rings. The topological polar surface area (TPSA) is 87.2 Å². The normalized spacial score (nSPS) is 22.9. The molecular weight excluding hydrogens is 456 g/mol. The van der Waals surface area contributed by atoms with Crippen LogP contribution in [0.15, 0.2) is 91.0 Å². The van der Waals surface area contributed by atoms with E-state index in [0.29, 0.717) is 12.2 Å². The van der Waals surface area contributed by atoms with E-state index in [0.717, 1.165) is 11.1 Å². The minimum atomic E-state index is -1.18. The third-order valence-corrected chi connectivity index (χ3v) is 7.22. The van der Waals surface area contributed by atoms with Crippen molar-refractivity contribution in [3.05, 3.63) is 102 Å². The number of nitrogens with zero attached hydrogens (tertiary/aromatic N) is 2. The Hall–Kier alpha value is -4.13. The van der Waals surface area contributed by atoms with Crippen molar-refractivity contribution in [1.29, 1.82) is 0 Å². The first-order valence-electron chi connectivity index (χ1n) is 12.1. The minimum absolute atomic E-state index is 0.107. The smallest absolute Gasteiger partial charge is 0.415 e. The molecule has 2 saturated heterocycles. The Labute approximate surface area is 209 Å². The predicted octanol–water partition coefficient (Wildman–Crippen LogP) is 4.39. The van der Waals surface area contributed by atoms with E-state index in [1.54, 1.807) is 29.2 Å². The zero-order valence-corrected chi connectivity index (χ0v) is 19.9. The monoisotopic (exact) mass is 484 g/mol. The number of fused-ring (bicyclic) bond motifs is 2. The van der Waals surface area contributed by atoms with Crippen molar-refractivity contribution in [1.82, 2.24) is 9.80 Å². The van der Waals surface area contributed by atoms with Gasteiger partial charge in [0.15, 0.2) is 6.04 Å². The van der Waals surface area contributed by atoms with Crippen LogP contribution in [0.4, 0.5) is 4.79 Å². The van der Waals surface area contributed by atoms with E-state index in [4.69, 9.17) is 4.74 Å². The molecule has 0 radical (unpaired) electrons. The van der Waals surface area contributed by atoms with Gasteiger partial charge in [0.1, 0.15) is 5.75 Å². The number of rotatable bonds is 5. The molecule has 0 aromatic heterocycles. The summed E-state index contributed by atoms with van der Waals surface area (Å²) in [6, 6.07) is 25.3. The Morgan fingerprint density at radius 1 is 0.861 bits per heavy atom. The summed E-state index contributed by atoms with van der Waals surface area (Å²) in [6.45, 7) is 2.07. The van der Waals surface area contributed by atoms with Crippen molar-refractivity contribution in [2.75, 3.05) is 6.54 Å². The second-order valence-electron chi connectivity index (χ2n) is 9.47. The highest BCUT2D eigenvalue weighted by Crippen LogP contribution is 2.41. The molecule has 2 aliphatic heterocycles. The summed E-state index contributed by atoms with van der Waals surface area (Å²) in [5, 5.41) is 10.3. The quantitative estimate of drug-likeness (QED) is 0.580. The van der Waals surface area contributed by atoms with Crippen LogP contribution in [0, 0.1) is 5.92 Å². The van der Waals surface area contributed by atoms with Crippen molar-refractivity contribution in [3.8, 4) is 5.75 Å². The number of likely N-dealkylation sites (tertiary alicyclic amines) is 1. The summed E-state index contributed by atoms with van der Waals surface area (Å²) in [5.41, 5.74) is 1.59. The highest BCUT2D eigenvalue weighted by Gasteiger charge is 2.57. The Balaban J connectivity index is 1.49. The maximum atomic E-state index is 14.1. The van der Waals surface area contributed by atoms with Crippen LogP contribution in [0.1, 0.15) is 30.4 Å². The highest BCUT2D eigenvalue weighted by atomic mass is 16.6. The van der Waals surface area contributed by atoms with Gasteiger partial charge in [0.05, 0.1) is 18.0 Å². The first-order chi connectivity index (χ1) is 17.5. The van der Waals surface area contributed by atoms with E-state index in [9.17, 15) is 19.5 Å². The zero-order valence-electron chi connectivity index (χ0n) is 19.9. The van der Waals surface area contributed by atoms with Gasteiger partial charge >= 0.3 is 12.1 Å². The van der Waals surface area contributed by atoms with Crippen molar-refractivity contribution >= 4 is 18.0 Å². The van der Waals surface area contributed by atoms with E-state index >= 15 is 0 Å². The third-order valence-electron chi connectivity index (χ3n) is 7.22. The molecule has 7 nitrogen and oxygen atoms in total. The molecule has 36 heavy (non-hydrogen) atoms. The van der Waals surface area contributed by atoms with Crippen LogP contribution in [0.2, 0.25) is 0 Å². The van der Waals surface area contributed by atoms with E-state index in [1.807, 2.05) is 73.7 Å². The van der Waals surface area contributed by atoms with Gasteiger partial charge in [0.2, 0.25) is 5.91 Å². The van der Waals surface area contributed by atoms with Crippen LogP contribution in [0.5, 0.6) is 5.75 Å². The van der Waals surface area contributed by atoms with Crippen LogP contribution in [0.25, 0.3) is 0 Å². The van der Waals surface area contributed by atoms with Crippen molar-refractivity contribution in [2.24, 2.45) is 5.92 Å². The van der Waals surface area contributed by atoms with Crippen LogP contribution >= 0.6 is 0 Å². The SMILES string of the molecule is CC1C[C@H]2CN(C(=O)C(c3ccccc3)c3ccccc3)[C@H](C(=O)O)[C@@H]1N2C(=O)Oc1ccccc1. The first kappa shape index (κ1) is 23.6. The van der Waals surface area contributed by atoms with Gasteiger partial charge in [0, 0.05) is 6.54 Å². The van der Waals surface area contributed by atoms with Gasteiger partial charge in [-0.05, 0) is 35.6 Å². The molecule has 0 spiro atoms. The summed E-state index contributed by atoms with van der Waals surface area (Å²) in [6.07, 6.45) is 0.0188. The second-order valence-corrected chi connectivity index (χ2v) is 9.47. The molecule has 2 heterocycles. The van der Waals surface area contributed by atoms with E-state index in [1.165, 1.54) is 4.90 Å². The van der Waals surface area contributed by atoms with Crippen molar-refractivity contribution in [3.63, 3.8) is 0 Å². The molecule has 1 N–H and O–H groups in total. The number of carboxylic acid groups (broad SMARTS) is 1. The third kappa shape index (κ3) is 4.33. The molecule has 7 heteroatoms. The minimum Gasteiger partial charge on any atom is -0.480 e. The maximum Gasteiger partial charge on any atom is 0.415 e. The summed E-state index contributed by atoms with van der Waals surface area (Å²) in [7, 11) is 0. The number of ether oxygens (including phenoxy) is 1. The van der Waals surface area contributed by atoms with Gasteiger partial charge in [0.25, 0.3) is 0 Å². The average molecular weight is 485 g/mol. The van der Waals surface area contributed by atoms with Gasteiger partial charge in [-0.25, -0.2) is 9.59 Å². The Bertz CT molecular complexity index is 1190. The van der Waals surface area contributed by atoms with Gasteiger partial charge in [-0.15, -0.1) is 0 Å². The molecule has 0 saturated carbocycles. The predicted molar refractivity (Wildman–Crippen MR) is 134 cm³/mol. The zero-order chi connectivity index (χ0) is 25.2. The summed E-state index contributed by atoms with van der Waals surface area (Å²) in [5.74, 6) is -1.76. The molecule has 1 unspecified atom stereocenters. The van der Waals surface area contributed by atoms with Gasteiger partial charge in [-0.2, -0.15) is 0 Å². The first-order valence-corrected chi connectivity index (χ1v) is 12.1. The van der Waals surface area contributed by atoms with Crippen LogP contribution in [-0.2, 0) is 9.59 Å². The lowest BCUT2D eigenvalue weighted by molar-refractivity contribution is -0.157. The summed E-state index contributed by atoms with van der Waals surface area (Å²) in [4.78, 5) is 43.0. The Morgan fingerprint density at radius 3 is 1.92 bits per heavy atom. The van der Waals surface area contributed by atoms with Crippen molar-refractivity contribution in [2.45, 2.75) is 37.4 Å². The standard InChI is InChI=1S/C29H28N2O5/c1-19-17-22-18-30(27(32)24(20-11-5-2-6-12-20)21-13-7-3-8-14-21)26(28(33)34)25(19)31(22)29(35)36-23-15-9-4-10-16-23/h2-16,19,22,24-26H,17-18H2,1H3,(H,33,34)/t19?,22-,25+,26-/m0/s1. The van der Waals surface area contributed by atoms with E-state index in [-0.39, 0.29) is 24.4 Å². The van der Waals surface area contributed by atoms with Crippen LogP contribution < -0.4 is 4.74 Å². The fraction of sp³-hybridized carbons (Fsp3) is 0.276. The molecule has 2 bridgehead atoms. The number of piperazine rings is 1. The largest absolute Gasteiger partial charge is 0.480 e. The molecule has 3 aromatic carbocycles. The molecule has 5 rings (SSSR count). The number of aliphatic carboxylic acids is 1. The lowest BCUT2D eigenvalue weighted by Gasteiger charge is -2.46. The molecule has 0 aliphatic carbocycles. The molecular formula is C29H28N2O5. The fourth-order valence-corrected chi connectivity index (χ4v) is 5.70. The van der Waals surface area contributed by atoms with E-state index < -0.39 is 30.1 Å². The average Bonchev–Trinajstić information content (AvgIpc) is 3.12. The molecule has 184 valence electrons. The van der Waals surface area contributed by atoms with Crippen molar-refractivity contribution < 1.29 is 24.2 Å². The number of hydrogen-bond acceptors (Lipinski definition) is 4. The van der Waals surface area contributed by atoms with E-state index in [2.05, 4.69) is 0 Å². The number of benzene rings is 3. The number of carbonyl (C=O) groups excluding carboxylic acids is 2. The number of para-hydroxylation sites is 1. The number of carboxylic acids is 1. The molecule has 2 amide bonds. The number of carbonyl (C=O) groups is 3. The summed E-state index contributed by atoms with van der Waals surface area (Å²) < 4.78 is 5.58. The lowest BCUT2D eigenvalue weighted by atomic mass is 9.88. The number of hydrogen-bond donors (Lipinski definition) is 1. The molecule has 2 aliphatic rings. The Kier molecular flexibility index (Phi) is 6.46. The summed E-state index contributed by atoms with van der Waals surface area (Å²) >= 11 is 0. The van der Waals surface area contributed by atoms with Crippen LogP contribution in [-0.4, -0.2) is 57.5 Å². The Morgan fingerprint density at radius 2 is 1.39 bits per heavy atom. The molecule has 3 aromatic rings. The van der Waals surface area contributed by atoms with Gasteiger partial charge in [-0.3, -0.25) is 9.69 Å². The van der Waals surface area contributed by atoms with Gasteiger partial charge < -0.3 is 14.7 Å². The number of amides is 2. The van der Waals surface area contributed by atoms with Gasteiger partial charge in [-0.1, -0.05) is 85.8 Å². The maximum absolute atomic E-state index is 14.1. The molecule has 4 atom stereocenters.